The summed E-state index contributed by atoms with van der Waals surface area (Å²) in [7, 11) is 0. The minimum atomic E-state index is -0.778. The third-order valence-corrected chi connectivity index (χ3v) is 12.4. The Kier molecular flexibility index (Phi) is 54.9. The minimum absolute atomic E-state index is 0.0799. The summed E-state index contributed by atoms with van der Waals surface area (Å²) in [6.07, 6.45) is 77.2. The highest BCUT2D eigenvalue weighted by atomic mass is 16.6. The Bertz CT molecular complexity index is 1400. The Morgan fingerprint density at radius 2 is 0.557 bits per heavy atom. The van der Waals surface area contributed by atoms with Crippen LogP contribution in [0, 0.1) is 0 Å². The van der Waals surface area contributed by atoms with Crippen LogP contribution < -0.4 is 0 Å². The number of hydrogen-bond donors (Lipinski definition) is 0. The molecule has 0 aromatic heterocycles. The lowest BCUT2D eigenvalue weighted by Gasteiger charge is -2.18. The second-order valence-corrected chi connectivity index (χ2v) is 19.2. The van der Waals surface area contributed by atoms with Gasteiger partial charge in [0.05, 0.1) is 0 Å². The molecule has 0 aliphatic carbocycles. The Balaban J connectivity index is 4.14. The first-order chi connectivity index (χ1) is 34.5. The minimum Gasteiger partial charge on any atom is -0.462 e. The first-order valence-electron chi connectivity index (χ1n) is 29.2. The average molecular weight is 974 g/mol. The van der Waals surface area contributed by atoms with Crippen LogP contribution >= 0.6 is 0 Å². The maximum atomic E-state index is 12.8. The molecule has 0 saturated heterocycles. The van der Waals surface area contributed by atoms with Crippen molar-refractivity contribution in [2.45, 2.75) is 277 Å². The van der Waals surface area contributed by atoms with Gasteiger partial charge in [0.2, 0.25) is 0 Å². The van der Waals surface area contributed by atoms with Crippen molar-refractivity contribution in [2.24, 2.45) is 0 Å². The second kappa shape index (κ2) is 57.9. The number of hydrogen-bond acceptors (Lipinski definition) is 6. The van der Waals surface area contributed by atoms with Crippen molar-refractivity contribution in [2.75, 3.05) is 13.2 Å². The maximum Gasteiger partial charge on any atom is 0.306 e. The van der Waals surface area contributed by atoms with Gasteiger partial charge in [-0.15, -0.1) is 0 Å². The van der Waals surface area contributed by atoms with Crippen molar-refractivity contribution < 1.29 is 28.6 Å². The van der Waals surface area contributed by atoms with E-state index in [1.165, 1.54) is 109 Å². The molecule has 0 aromatic carbocycles. The molecule has 0 bridgehead atoms. The quantitative estimate of drug-likeness (QED) is 0.0262. The largest absolute Gasteiger partial charge is 0.462 e. The van der Waals surface area contributed by atoms with E-state index < -0.39 is 6.10 Å². The normalized spacial score (nSPS) is 12.8. The molecule has 0 radical (unpaired) electrons. The number of ether oxygens (including phenoxy) is 3. The van der Waals surface area contributed by atoms with Crippen molar-refractivity contribution in [3.8, 4) is 0 Å². The van der Waals surface area contributed by atoms with Crippen LogP contribution in [-0.4, -0.2) is 37.2 Å². The van der Waals surface area contributed by atoms with Gasteiger partial charge in [0.15, 0.2) is 6.10 Å². The summed E-state index contributed by atoms with van der Waals surface area (Å²) in [5.74, 6) is -0.900. The fourth-order valence-electron chi connectivity index (χ4n) is 7.99. The zero-order valence-electron chi connectivity index (χ0n) is 45.8. The van der Waals surface area contributed by atoms with Gasteiger partial charge in [-0.05, 0) is 83.5 Å². The molecule has 0 fully saturated rings. The Hall–Kier alpha value is -3.67. The van der Waals surface area contributed by atoms with Crippen molar-refractivity contribution in [3.05, 3.63) is 97.2 Å². The summed E-state index contributed by atoms with van der Waals surface area (Å²) in [6.45, 7) is 6.46. The van der Waals surface area contributed by atoms with Crippen LogP contribution in [0.3, 0.4) is 0 Å². The molecule has 0 aromatic rings. The number of allylic oxidation sites excluding steroid dienone is 16. The summed E-state index contributed by atoms with van der Waals surface area (Å²) in [6, 6.07) is 0. The van der Waals surface area contributed by atoms with Crippen LogP contribution in [0.25, 0.3) is 0 Å². The van der Waals surface area contributed by atoms with E-state index in [9.17, 15) is 14.4 Å². The van der Waals surface area contributed by atoms with Gasteiger partial charge in [0.1, 0.15) is 13.2 Å². The third kappa shape index (κ3) is 55.3. The highest BCUT2D eigenvalue weighted by Crippen LogP contribution is 2.15. The Morgan fingerprint density at radius 3 is 0.871 bits per heavy atom. The summed E-state index contributed by atoms with van der Waals surface area (Å²) in [5, 5.41) is 0. The highest BCUT2D eigenvalue weighted by Gasteiger charge is 2.19. The molecule has 1 unspecified atom stereocenters. The topological polar surface area (TPSA) is 78.9 Å². The van der Waals surface area contributed by atoms with Gasteiger partial charge in [0, 0.05) is 19.3 Å². The number of carbonyl (C=O) groups excluding carboxylic acids is 3. The van der Waals surface area contributed by atoms with E-state index in [4.69, 9.17) is 14.2 Å². The number of esters is 3. The van der Waals surface area contributed by atoms with Gasteiger partial charge in [-0.25, -0.2) is 0 Å². The van der Waals surface area contributed by atoms with Crippen LogP contribution in [0.4, 0.5) is 0 Å². The predicted molar refractivity (Wildman–Crippen MR) is 302 cm³/mol. The van der Waals surface area contributed by atoms with E-state index in [2.05, 4.69) is 118 Å². The molecular weight excluding hydrogens is 865 g/mol. The number of unbranched alkanes of at least 4 members (excludes halogenated alkanes) is 25. The van der Waals surface area contributed by atoms with E-state index >= 15 is 0 Å². The molecule has 0 spiro atoms. The zero-order valence-corrected chi connectivity index (χ0v) is 45.8. The molecule has 6 nitrogen and oxygen atoms in total. The maximum absolute atomic E-state index is 12.8. The van der Waals surface area contributed by atoms with Crippen molar-refractivity contribution >= 4 is 17.9 Å². The molecule has 6 heteroatoms. The summed E-state index contributed by atoms with van der Waals surface area (Å²) < 4.78 is 16.7. The monoisotopic (exact) mass is 973 g/mol. The van der Waals surface area contributed by atoms with Gasteiger partial charge in [0.25, 0.3) is 0 Å². The van der Waals surface area contributed by atoms with Gasteiger partial charge < -0.3 is 14.2 Å². The molecule has 0 N–H and O–H groups in total. The molecule has 0 rings (SSSR count). The summed E-state index contributed by atoms with van der Waals surface area (Å²) in [5.41, 5.74) is 0. The van der Waals surface area contributed by atoms with Crippen molar-refractivity contribution in [1.82, 2.24) is 0 Å². The standard InChI is InChI=1S/C64H108O6/c1-4-7-10-13-16-18-20-22-24-25-26-27-28-29-30-31-32-33-34-35-36-37-38-39-41-42-44-46-48-51-54-57-63(66)69-60-61(59-68-62(65)56-53-50-15-12-9-6-3)70-64(67)58-55-52-49-47-45-43-40-23-21-19-17-14-11-8-5-2/h7,10,16,18,22,24,26-27,29-30,32-33,35-36,38-39,61H,4-6,8-9,11-15,17,19-21,23,25,28,31,34,37,40-60H2,1-3H3/b10-7-,18-16-,24-22-,27-26-,30-29-,33-32-,36-35-,39-38-. The van der Waals surface area contributed by atoms with E-state index in [1.807, 2.05) is 0 Å². The SMILES string of the molecule is CC/C=C\C/C=C\C/C=C\C/C=C\C/C=C\C/C=C\C/C=C\C/C=C\CCCCCCCCC(=O)OCC(COC(=O)CCCCCCCC)OC(=O)CCCCCCCCCCCCCCCCC. The fourth-order valence-corrected chi connectivity index (χ4v) is 7.99. The molecular formula is C64H108O6. The average Bonchev–Trinajstić information content (AvgIpc) is 3.36. The van der Waals surface area contributed by atoms with Gasteiger partial charge in [-0.1, -0.05) is 266 Å². The molecule has 0 aliphatic rings. The van der Waals surface area contributed by atoms with Crippen LogP contribution in [0.5, 0.6) is 0 Å². The lowest BCUT2D eigenvalue weighted by Crippen LogP contribution is -2.30. The Morgan fingerprint density at radius 1 is 0.300 bits per heavy atom. The van der Waals surface area contributed by atoms with Crippen molar-refractivity contribution in [3.63, 3.8) is 0 Å². The second-order valence-electron chi connectivity index (χ2n) is 19.2. The van der Waals surface area contributed by atoms with Gasteiger partial charge in [-0.2, -0.15) is 0 Å². The summed E-state index contributed by atoms with van der Waals surface area (Å²) in [4.78, 5) is 37.9. The third-order valence-electron chi connectivity index (χ3n) is 12.4. The molecule has 0 amide bonds. The molecule has 400 valence electrons. The van der Waals surface area contributed by atoms with Gasteiger partial charge in [-0.3, -0.25) is 14.4 Å². The first kappa shape index (κ1) is 66.3. The number of rotatable bonds is 52. The van der Waals surface area contributed by atoms with Crippen LogP contribution in [0.1, 0.15) is 271 Å². The predicted octanol–water partition coefficient (Wildman–Crippen LogP) is 19.7. The number of carbonyl (C=O) groups is 3. The molecule has 70 heavy (non-hydrogen) atoms. The highest BCUT2D eigenvalue weighted by molar-refractivity contribution is 5.71. The Labute approximate surface area is 432 Å². The molecule has 1 atom stereocenters. The van der Waals surface area contributed by atoms with E-state index in [0.717, 1.165) is 122 Å². The fraction of sp³-hybridized carbons (Fsp3) is 0.703. The van der Waals surface area contributed by atoms with E-state index in [0.29, 0.717) is 19.3 Å². The van der Waals surface area contributed by atoms with Crippen molar-refractivity contribution in [1.29, 1.82) is 0 Å². The summed E-state index contributed by atoms with van der Waals surface area (Å²) >= 11 is 0. The van der Waals surface area contributed by atoms with Crippen LogP contribution in [0.2, 0.25) is 0 Å². The van der Waals surface area contributed by atoms with Gasteiger partial charge >= 0.3 is 17.9 Å². The lowest BCUT2D eigenvalue weighted by atomic mass is 10.0. The van der Waals surface area contributed by atoms with E-state index in [-0.39, 0.29) is 31.1 Å². The molecule has 0 saturated carbocycles. The smallest absolute Gasteiger partial charge is 0.306 e. The van der Waals surface area contributed by atoms with Crippen LogP contribution in [-0.2, 0) is 28.6 Å². The van der Waals surface area contributed by atoms with E-state index in [1.54, 1.807) is 0 Å². The molecule has 0 aliphatic heterocycles. The van der Waals surface area contributed by atoms with Crippen LogP contribution in [0.15, 0.2) is 97.2 Å². The lowest BCUT2D eigenvalue weighted by molar-refractivity contribution is -0.167. The first-order valence-corrected chi connectivity index (χ1v) is 29.2. The zero-order chi connectivity index (χ0) is 50.7. The molecule has 0 heterocycles.